The molecule has 0 saturated carbocycles. The summed E-state index contributed by atoms with van der Waals surface area (Å²) in [6.45, 7) is 0.529. The number of benzene rings is 2. The van der Waals surface area contributed by atoms with Crippen molar-refractivity contribution in [3.8, 4) is 17.2 Å². The molecule has 2 aromatic carbocycles. The van der Waals surface area contributed by atoms with Crippen LogP contribution in [0.15, 0.2) is 36.4 Å². The molecule has 130 valence electrons. The Balaban J connectivity index is 2.00. The Hall–Kier alpha value is -2.73. The molecule has 0 atom stereocenters. The molecular weight excluding hydrogens is 342 g/mol. The fraction of sp³-hybridized carbons (Fsp3) is 0.222. The van der Waals surface area contributed by atoms with E-state index in [0.717, 1.165) is 16.7 Å². The summed E-state index contributed by atoms with van der Waals surface area (Å²) in [5.74, 6) is 2.60. The van der Waals surface area contributed by atoms with Gasteiger partial charge in [-0.2, -0.15) is 0 Å². The minimum absolute atomic E-state index is 0.155. The maximum atomic E-state index is 6.07. The lowest BCUT2D eigenvalue weighted by atomic mass is 10.2. The van der Waals surface area contributed by atoms with Crippen LogP contribution >= 0.6 is 11.6 Å². The maximum Gasteiger partial charge on any atom is 0.224 e. The van der Waals surface area contributed by atoms with Crippen LogP contribution < -0.4 is 19.5 Å². The number of ether oxygens (including phenoxy) is 3. The largest absolute Gasteiger partial charge is 0.496 e. The molecule has 0 spiro atoms. The topological polar surface area (TPSA) is 65.5 Å². The number of fused-ring (bicyclic) bond motifs is 1. The number of rotatable bonds is 6. The maximum absolute atomic E-state index is 6.07. The van der Waals surface area contributed by atoms with Crippen LogP contribution in [-0.2, 0) is 6.54 Å². The summed E-state index contributed by atoms with van der Waals surface area (Å²) < 4.78 is 16.1. The van der Waals surface area contributed by atoms with Gasteiger partial charge in [-0.05, 0) is 23.7 Å². The van der Waals surface area contributed by atoms with Gasteiger partial charge in [0.2, 0.25) is 5.28 Å². The van der Waals surface area contributed by atoms with Gasteiger partial charge in [0.1, 0.15) is 11.6 Å². The van der Waals surface area contributed by atoms with Gasteiger partial charge < -0.3 is 19.5 Å². The summed E-state index contributed by atoms with van der Waals surface area (Å²) in [5, 5.41) is 4.24. The summed E-state index contributed by atoms with van der Waals surface area (Å²) >= 11 is 6.07. The van der Waals surface area contributed by atoms with Crippen LogP contribution in [0.2, 0.25) is 5.28 Å². The molecular formula is C18H18ClN3O3. The molecule has 0 aliphatic rings. The lowest BCUT2D eigenvalue weighted by molar-refractivity contribution is 0.356. The fourth-order valence-corrected chi connectivity index (χ4v) is 2.77. The van der Waals surface area contributed by atoms with Crippen molar-refractivity contribution in [2.24, 2.45) is 0 Å². The third-order valence-corrected chi connectivity index (χ3v) is 3.98. The van der Waals surface area contributed by atoms with Crippen molar-refractivity contribution in [2.75, 3.05) is 26.6 Å². The first kappa shape index (κ1) is 17.1. The van der Waals surface area contributed by atoms with Gasteiger partial charge in [-0.15, -0.1) is 0 Å². The van der Waals surface area contributed by atoms with Gasteiger partial charge in [0.25, 0.3) is 0 Å². The van der Waals surface area contributed by atoms with Crippen LogP contribution in [0.5, 0.6) is 17.2 Å². The van der Waals surface area contributed by atoms with Crippen molar-refractivity contribution in [1.82, 2.24) is 9.97 Å². The van der Waals surface area contributed by atoms with E-state index in [2.05, 4.69) is 15.3 Å². The molecule has 0 amide bonds. The minimum atomic E-state index is 0.155. The quantitative estimate of drug-likeness (QED) is 0.673. The first-order valence-electron chi connectivity index (χ1n) is 7.61. The second kappa shape index (κ2) is 7.44. The predicted molar refractivity (Wildman–Crippen MR) is 98.0 cm³/mol. The van der Waals surface area contributed by atoms with E-state index in [1.807, 2.05) is 30.3 Å². The molecule has 1 aromatic heterocycles. The number of para-hydroxylation sites is 1. The average Bonchev–Trinajstić information content (AvgIpc) is 2.65. The lowest BCUT2D eigenvalue weighted by Gasteiger charge is -2.13. The van der Waals surface area contributed by atoms with Crippen molar-refractivity contribution < 1.29 is 14.2 Å². The molecule has 0 fully saturated rings. The van der Waals surface area contributed by atoms with Crippen LogP contribution in [0, 0.1) is 0 Å². The van der Waals surface area contributed by atoms with Gasteiger partial charge in [-0.1, -0.05) is 18.2 Å². The molecule has 3 aromatic rings. The molecule has 0 bridgehead atoms. The van der Waals surface area contributed by atoms with Crippen molar-refractivity contribution in [3.05, 3.63) is 47.2 Å². The van der Waals surface area contributed by atoms with Crippen LogP contribution in [0.4, 0.5) is 5.82 Å². The van der Waals surface area contributed by atoms with Gasteiger partial charge >= 0.3 is 0 Å². The number of halogens is 1. The Kier molecular flexibility index (Phi) is 5.09. The van der Waals surface area contributed by atoms with Crippen LogP contribution in [0.3, 0.4) is 0 Å². The van der Waals surface area contributed by atoms with E-state index in [0.29, 0.717) is 29.4 Å². The van der Waals surface area contributed by atoms with Crippen LogP contribution in [0.1, 0.15) is 5.56 Å². The van der Waals surface area contributed by atoms with Gasteiger partial charge in [0, 0.05) is 23.6 Å². The van der Waals surface area contributed by atoms with E-state index in [4.69, 9.17) is 25.8 Å². The third-order valence-electron chi connectivity index (χ3n) is 3.81. The van der Waals surface area contributed by atoms with Crippen LogP contribution in [-0.4, -0.2) is 31.3 Å². The Bertz CT molecular complexity index is 902. The molecule has 1 heterocycles. The van der Waals surface area contributed by atoms with E-state index in [9.17, 15) is 0 Å². The highest BCUT2D eigenvalue weighted by molar-refractivity contribution is 6.28. The van der Waals surface area contributed by atoms with E-state index in [1.165, 1.54) is 0 Å². The van der Waals surface area contributed by atoms with Crippen molar-refractivity contribution in [3.63, 3.8) is 0 Å². The number of nitrogens with one attached hydrogen (secondary N) is 1. The van der Waals surface area contributed by atoms with Crippen molar-refractivity contribution in [2.45, 2.75) is 6.54 Å². The number of anilines is 1. The highest BCUT2D eigenvalue weighted by Gasteiger charge is 2.13. The highest BCUT2D eigenvalue weighted by Crippen LogP contribution is 2.34. The number of methoxy groups -OCH3 is 3. The molecule has 7 heteroatoms. The Morgan fingerprint density at radius 1 is 0.920 bits per heavy atom. The van der Waals surface area contributed by atoms with Gasteiger partial charge in [0.05, 0.1) is 26.8 Å². The lowest BCUT2D eigenvalue weighted by Crippen LogP contribution is -2.05. The first-order valence-corrected chi connectivity index (χ1v) is 7.99. The molecule has 0 aliphatic carbocycles. The zero-order valence-corrected chi connectivity index (χ0v) is 14.9. The molecule has 0 unspecified atom stereocenters. The predicted octanol–water partition coefficient (Wildman–Crippen LogP) is 3.92. The summed E-state index contributed by atoms with van der Waals surface area (Å²) in [5.41, 5.74) is 1.67. The SMILES string of the molecule is COc1ccccc1CNc1nc(Cl)nc2cc(OC)c(OC)cc12. The summed E-state index contributed by atoms with van der Waals surface area (Å²) in [6, 6.07) is 11.4. The van der Waals surface area contributed by atoms with E-state index < -0.39 is 0 Å². The fourth-order valence-electron chi connectivity index (χ4n) is 2.59. The summed E-state index contributed by atoms with van der Waals surface area (Å²) in [7, 11) is 4.81. The smallest absolute Gasteiger partial charge is 0.224 e. The molecule has 0 radical (unpaired) electrons. The summed E-state index contributed by atoms with van der Waals surface area (Å²) in [6.07, 6.45) is 0. The van der Waals surface area contributed by atoms with E-state index >= 15 is 0 Å². The van der Waals surface area contributed by atoms with Gasteiger partial charge in [0.15, 0.2) is 11.5 Å². The second-order valence-electron chi connectivity index (χ2n) is 5.23. The van der Waals surface area contributed by atoms with E-state index in [1.54, 1.807) is 27.4 Å². The average molecular weight is 360 g/mol. The molecule has 6 nitrogen and oxygen atoms in total. The standard InChI is InChI=1S/C18H18ClN3O3/c1-23-14-7-5-4-6-11(14)10-20-17-12-8-15(24-2)16(25-3)9-13(12)21-18(19)22-17/h4-9H,10H2,1-3H3,(H,20,21,22). The van der Waals surface area contributed by atoms with Gasteiger partial charge in [-0.25, -0.2) is 9.97 Å². The molecule has 0 saturated heterocycles. The number of aromatic nitrogens is 2. The van der Waals surface area contributed by atoms with Crippen LogP contribution in [0.25, 0.3) is 10.9 Å². The monoisotopic (exact) mass is 359 g/mol. The zero-order valence-electron chi connectivity index (χ0n) is 14.2. The Labute approximate surface area is 150 Å². The second-order valence-corrected chi connectivity index (χ2v) is 5.57. The molecule has 3 rings (SSSR count). The number of nitrogens with zero attached hydrogens (tertiary/aromatic N) is 2. The minimum Gasteiger partial charge on any atom is -0.496 e. The van der Waals surface area contributed by atoms with Crippen molar-refractivity contribution in [1.29, 1.82) is 0 Å². The molecule has 1 N–H and O–H groups in total. The zero-order chi connectivity index (χ0) is 17.8. The third kappa shape index (κ3) is 3.53. The molecule has 0 aliphatic heterocycles. The van der Waals surface area contributed by atoms with Crippen molar-refractivity contribution >= 4 is 28.3 Å². The number of hydrogen-bond donors (Lipinski definition) is 1. The summed E-state index contributed by atoms with van der Waals surface area (Å²) in [4.78, 5) is 8.57. The first-order chi connectivity index (χ1) is 12.2. The van der Waals surface area contributed by atoms with E-state index in [-0.39, 0.29) is 5.28 Å². The van der Waals surface area contributed by atoms with Gasteiger partial charge in [-0.3, -0.25) is 0 Å². The normalized spacial score (nSPS) is 10.6. The Morgan fingerprint density at radius 3 is 2.32 bits per heavy atom. The number of hydrogen-bond acceptors (Lipinski definition) is 6. The molecule has 25 heavy (non-hydrogen) atoms. The highest BCUT2D eigenvalue weighted by atomic mass is 35.5. The Morgan fingerprint density at radius 2 is 1.60 bits per heavy atom.